The van der Waals surface area contributed by atoms with Crippen molar-refractivity contribution in [1.29, 1.82) is 0 Å². The highest BCUT2D eigenvalue weighted by Gasteiger charge is 2.22. The van der Waals surface area contributed by atoms with Gasteiger partial charge in [-0.2, -0.15) is 10.1 Å². The molecule has 6 heteroatoms. The molecule has 1 unspecified atom stereocenters. The van der Waals surface area contributed by atoms with E-state index in [-0.39, 0.29) is 11.5 Å². The molecule has 0 spiro atoms. The molecule has 1 atom stereocenters. The standard InChI is InChI=1S/C12H19N5O/c1-8(9-6-13-17(5)7-9)14-11-15-10(18-16-11)12(2,3)4/h6-8H,1-5H3,(H,14,16). The molecule has 0 aliphatic carbocycles. The maximum atomic E-state index is 5.23. The molecule has 0 saturated heterocycles. The molecule has 0 fully saturated rings. The first-order chi connectivity index (χ1) is 8.36. The van der Waals surface area contributed by atoms with E-state index >= 15 is 0 Å². The van der Waals surface area contributed by atoms with Gasteiger partial charge in [-0.3, -0.25) is 4.68 Å². The van der Waals surface area contributed by atoms with Gasteiger partial charge in [0.05, 0.1) is 12.2 Å². The fourth-order valence-electron chi connectivity index (χ4n) is 1.53. The van der Waals surface area contributed by atoms with Crippen LogP contribution in [0.4, 0.5) is 5.95 Å². The van der Waals surface area contributed by atoms with Gasteiger partial charge in [-0.1, -0.05) is 20.8 Å². The molecule has 0 radical (unpaired) electrons. The van der Waals surface area contributed by atoms with Gasteiger partial charge in [0.1, 0.15) is 0 Å². The molecule has 2 aromatic heterocycles. The Balaban J connectivity index is 2.08. The lowest BCUT2D eigenvalue weighted by Crippen LogP contribution is -2.12. The zero-order valence-electron chi connectivity index (χ0n) is 11.4. The first-order valence-corrected chi connectivity index (χ1v) is 5.95. The third-order valence-corrected chi connectivity index (χ3v) is 2.64. The summed E-state index contributed by atoms with van der Waals surface area (Å²) in [6.07, 6.45) is 3.78. The summed E-state index contributed by atoms with van der Waals surface area (Å²) in [5.74, 6) is 1.14. The minimum Gasteiger partial charge on any atom is -0.345 e. The molecule has 0 aromatic carbocycles. The topological polar surface area (TPSA) is 68.8 Å². The zero-order chi connectivity index (χ0) is 13.3. The Kier molecular flexibility index (Phi) is 3.11. The van der Waals surface area contributed by atoms with Gasteiger partial charge in [-0.05, 0) is 12.1 Å². The second-order valence-corrected chi connectivity index (χ2v) is 5.49. The van der Waals surface area contributed by atoms with Crippen molar-refractivity contribution < 1.29 is 4.52 Å². The fourth-order valence-corrected chi connectivity index (χ4v) is 1.53. The van der Waals surface area contributed by atoms with E-state index in [1.807, 2.05) is 47.1 Å². The van der Waals surface area contributed by atoms with Crippen LogP contribution in [0.5, 0.6) is 0 Å². The largest absolute Gasteiger partial charge is 0.345 e. The van der Waals surface area contributed by atoms with Crippen molar-refractivity contribution in [3.8, 4) is 0 Å². The summed E-state index contributed by atoms with van der Waals surface area (Å²) >= 11 is 0. The van der Waals surface area contributed by atoms with E-state index in [0.29, 0.717) is 11.8 Å². The third kappa shape index (κ3) is 2.69. The summed E-state index contributed by atoms with van der Waals surface area (Å²) < 4.78 is 6.99. The van der Waals surface area contributed by atoms with Crippen molar-refractivity contribution in [2.45, 2.75) is 39.2 Å². The molecular weight excluding hydrogens is 230 g/mol. The summed E-state index contributed by atoms with van der Waals surface area (Å²) in [6, 6.07) is 0.0871. The van der Waals surface area contributed by atoms with Crippen LogP contribution in [0, 0.1) is 0 Å². The van der Waals surface area contributed by atoms with E-state index in [1.165, 1.54) is 0 Å². The van der Waals surface area contributed by atoms with E-state index in [9.17, 15) is 0 Å². The van der Waals surface area contributed by atoms with Crippen molar-refractivity contribution in [2.75, 3.05) is 5.32 Å². The predicted molar refractivity (Wildman–Crippen MR) is 68.2 cm³/mol. The maximum Gasteiger partial charge on any atom is 0.263 e. The average Bonchev–Trinajstić information content (AvgIpc) is 2.85. The smallest absolute Gasteiger partial charge is 0.263 e. The zero-order valence-corrected chi connectivity index (χ0v) is 11.4. The molecule has 98 valence electrons. The number of aromatic nitrogens is 4. The second kappa shape index (κ2) is 4.44. The Labute approximate surface area is 106 Å². The van der Waals surface area contributed by atoms with Crippen LogP contribution >= 0.6 is 0 Å². The quantitative estimate of drug-likeness (QED) is 0.903. The molecule has 0 amide bonds. The molecule has 18 heavy (non-hydrogen) atoms. The SMILES string of the molecule is CC(Nc1noc(C(C)(C)C)n1)c1cnn(C)c1. The molecule has 6 nitrogen and oxygen atoms in total. The third-order valence-electron chi connectivity index (χ3n) is 2.64. The highest BCUT2D eigenvalue weighted by molar-refractivity contribution is 5.28. The van der Waals surface area contributed by atoms with E-state index in [0.717, 1.165) is 5.56 Å². The molecule has 1 N–H and O–H groups in total. The number of hydrogen-bond acceptors (Lipinski definition) is 5. The molecule has 2 aromatic rings. The van der Waals surface area contributed by atoms with Gasteiger partial charge in [0, 0.05) is 24.2 Å². The Bertz CT molecular complexity index is 523. The van der Waals surface area contributed by atoms with Crippen LogP contribution < -0.4 is 5.32 Å². The van der Waals surface area contributed by atoms with E-state index < -0.39 is 0 Å². The number of nitrogens with one attached hydrogen (secondary N) is 1. The summed E-state index contributed by atoms with van der Waals surface area (Å²) in [6.45, 7) is 8.14. The molecule has 0 aliphatic rings. The van der Waals surface area contributed by atoms with Gasteiger partial charge in [0.2, 0.25) is 5.89 Å². The first-order valence-electron chi connectivity index (χ1n) is 5.95. The van der Waals surface area contributed by atoms with Crippen LogP contribution in [0.25, 0.3) is 0 Å². The molecular formula is C12H19N5O. The summed E-state index contributed by atoms with van der Waals surface area (Å²) in [5, 5.41) is 11.3. The Morgan fingerprint density at radius 3 is 2.61 bits per heavy atom. The van der Waals surface area contributed by atoms with Gasteiger partial charge >= 0.3 is 0 Å². The molecule has 0 saturated carbocycles. The van der Waals surface area contributed by atoms with Crippen LogP contribution in [0.2, 0.25) is 0 Å². The Hall–Kier alpha value is -1.85. The molecule has 0 bridgehead atoms. The van der Waals surface area contributed by atoms with Crippen molar-refractivity contribution >= 4 is 5.95 Å². The summed E-state index contributed by atoms with van der Waals surface area (Å²) in [5.41, 5.74) is 0.949. The number of aryl methyl sites for hydroxylation is 1. The maximum absolute atomic E-state index is 5.23. The predicted octanol–water partition coefficient (Wildman–Crippen LogP) is 2.27. The molecule has 2 rings (SSSR count). The van der Waals surface area contributed by atoms with E-state index in [1.54, 1.807) is 4.68 Å². The number of anilines is 1. The van der Waals surface area contributed by atoms with Crippen molar-refractivity contribution in [1.82, 2.24) is 19.9 Å². The average molecular weight is 249 g/mol. The van der Waals surface area contributed by atoms with Gasteiger partial charge in [0.25, 0.3) is 5.95 Å². The Morgan fingerprint density at radius 1 is 1.39 bits per heavy atom. The lowest BCUT2D eigenvalue weighted by atomic mass is 9.97. The normalized spacial score (nSPS) is 13.6. The summed E-state index contributed by atoms with van der Waals surface area (Å²) in [7, 11) is 1.89. The monoisotopic (exact) mass is 249 g/mol. The molecule has 2 heterocycles. The van der Waals surface area contributed by atoms with Crippen molar-refractivity contribution in [3.63, 3.8) is 0 Å². The van der Waals surface area contributed by atoms with Gasteiger partial charge in [0.15, 0.2) is 0 Å². The number of nitrogens with zero attached hydrogens (tertiary/aromatic N) is 4. The highest BCUT2D eigenvalue weighted by atomic mass is 16.5. The van der Waals surface area contributed by atoms with Crippen LogP contribution in [0.1, 0.15) is 45.2 Å². The van der Waals surface area contributed by atoms with Crippen LogP contribution in [0.3, 0.4) is 0 Å². The number of rotatable bonds is 3. The number of hydrogen-bond donors (Lipinski definition) is 1. The van der Waals surface area contributed by atoms with Gasteiger partial charge in [-0.15, -0.1) is 0 Å². The second-order valence-electron chi connectivity index (χ2n) is 5.49. The highest BCUT2D eigenvalue weighted by Crippen LogP contribution is 2.22. The minimum absolute atomic E-state index is 0.0871. The van der Waals surface area contributed by atoms with Gasteiger partial charge in [-0.25, -0.2) is 0 Å². The van der Waals surface area contributed by atoms with E-state index in [2.05, 4.69) is 20.6 Å². The first kappa shape index (κ1) is 12.6. The van der Waals surface area contributed by atoms with Crippen LogP contribution in [-0.4, -0.2) is 19.9 Å². The van der Waals surface area contributed by atoms with E-state index in [4.69, 9.17) is 4.52 Å². The lowest BCUT2D eigenvalue weighted by Gasteiger charge is -2.11. The Morgan fingerprint density at radius 2 is 2.11 bits per heavy atom. The van der Waals surface area contributed by atoms with Crippen LogP contribution in [-0.2, 0) is 12.5 Å². The van der Waals surface area contributed by atoms with Crippen molar-refractivity contribution in [2.24, 2.45) is 7.05 Å². The van der Waals surface area contributed by atoms with Gasteiger partial charge < -0.3 is 9.84 Å². The summed E-state index contributed by atoms with van der Waals surface area (Å²) in [4.78, 5) is 4.34. The molecule has 0 aliphatic heterocycles. The fraction of sp³-hybridized carbons (Fsp3) is 0.583. The van der Waals surface area contributed by atoms with Crippen LogP contribution in [0.15, 0.2) is 16.9 Å². The minimum atomic E-state index is -0.134. The lowest BCUT2D eigenvalue weighted by molar-refractivity contribution is 0.321. The van der Waals surface area contributed by atoms with Crippen molar-refractivity contribution in [3.05, 3.63) is 23.8 Å².